The summed E-state index contributed by atoms with van der Waals surface area (Å²) in [6, 6.07) is 0.0118. The molecule has 3 heterocycles. The van der Waals surface area contributed by atoms with Gasteiger partial charge in [-0.3, -0.25) is 14.9 Å². The Morgan fingerprint density at radius 2 is 1.76 bits per heavy atom. The lowest BCUT2D eigenvalue weighted by Gasteiger charge is -2.33. The molecule has 3 aliphatic rings. The Kier molecular flexibility index (Phi) is 5.06. The average molecular weight is 311 g/mol. The number of nitrogens with one attached hydrogen (secondary N) is 1. The number of rotatable bonds is 3. The van der Waals surface area contributed by atoms with Crippen molar-refractivity contribution in [3.8, 4) is 0 Å². The highest BCUT2D eigenvalue weighted by atomic mass is 32.2. The van der Waals surface area contributed by atoms with Crippen molar-refractivity contribution in [2.75, 3.05) is 37.8 Å². The van der Waals surface area contributed by atoms with Crippen LogP contribution in [-0.4, -0.2) is 65.5 Å². The molecule has 5 nitrogen and oxygen atoms in total. The third-order valence-electron chi connectivity index (χ3n) is 4.86. The molecular formula is C15H25N3O2S. The quantitative estimate of drug-likeness (QED) is 0.841. The second-order valence-corrected chi connectivity index (χ2v) is 7.36. The van der Waals surface area contributed by atoms with Crippen LogP contribution in [0.3, 0.4) is 0 Å². The fourth-order valence-corrected chi connectivity index (χ4v) is 4.41. The molecular weight excluding hydrogens is 286 g/mol. The molecule has 3 saturated heterocycles. The second-order valence-electron chi connectivity index (χ2n) is 6.33. The number of thioether (sulfide) groups is 1. The Bertz CT molecular complexity index is 384. The number of carbonyl (C=O) groups is 2. The molecule has 0 radical (unpaired) electrons. The molecule has 0 aromatic carbocycles. The van der Waals surface area contributed by atoms with Gasteiger partial charge in [0.25, 0.3) is 0 Å². The summed E-state index contributed by atoms with van der Waals surface area (Å²) >= 11 is 1.79. The zero-order chi connectivity index (χ0) is 14.7. The van der Waals surface area contributed by atoms with Crippen LogP contribution in [0.5, 0.6) is 0 Å². The summed E-state index contributed by atoms with van der Waals surface area (Å²) in [5.41, 5.74) is 0. The van der Waals surface area contributed by atoms with Gasteiger partial charge in [0.05, 0.1) is 6.04 Å². The summed E-state index contributed by atoms with van der Waals surface area (Å²) in [6.07, 6.45) is 4.95. The van der Waals surface area contributed by atoms with E-state index in [-0.39, 0.29) is 11.9 Å². The van der Waals surface area contributed by atoms with E-state index in [0.29, 0.717) is 18.2 Å². The van der Waals surface area contributed by atoms with Gasteiger partial charge in [0.15, 0.2) is 0 Å². The average Bonchev–Trinajstić information content (AvgIpc) is 3.20. The summed E-state index contributed by atoms with van der Waals surface area (Å²) < 4.78 is 0. The van der Waals surface area contributed by atoms with Crippen LogP contribution in [-0.2, 0) is 9.59 Å². The monoisotopic (exact) mass is 311 g/mol. The van der Waals surface area contributed by atoms with Gasteiger partial charge in [-0.1, -0.05) is 0 Å². The number of amides is 2. The number of hydrogen-bond donors (Lipinski definition) is 1. The van der Waals surface area contributed by atoms with Crippen LogP contribution < -0.4 is 5.32 Å². The zero-order valence-corrected chi connectivity index (χ0v) is 13.4. The SMILES string of the molecule is O=C(CC1CCN(C(=O)C2CSCN2)CC1)N1CCCC1. The molecule has 1 N–H and O–H groups in total. The third-order valence-corrected chi connectivity index (χ3v) is 5.80. The predicted molar refractivity (Wildman–Crippen MR) is 84.0 cm³/mol. The number of hydrogen-bond acceptors (Lipinski definition) is 4. The highest BCUT2D eigenvalue weighted by Crippen LogP contribution is 2.24. The van der Waals surface area contributed by atoms with Crippen molar-refractivity contribution in [3.05, 3.63) is 0 Å². The standard InChI is InChI=1S/C15H25N3O2S/c19-14(17-5-1-2-6-17)9-12-3-7-18(8-4-12)15(20)13-10-21-11-16-13/h12-13,16H,1-11H2. The molecule has 0 aliphatic carbocycles. The maximum atomic E-state index is 12.3. The fourth-order valence-electron chi connectivity index (χ4n) is 3.47. The first kappa shape index (κ1) is 15.2. The van der Waals surface area contributed by atoms with Gasteiger partial charge in [-0.05, 0) is 31.6 Å². The molecule has 3 fully saturated rings. The molecule has 2 amide bonds. The summed E-state index contributed by atoms with van der Waals surface area (Å²) in [4.78, 5) is 28.5. The first-order valence-corrected chi connectivity index (χ1v) is 9.27. The van der Waals surface area contributed by atoms with E-state index >= 15 is 0 Å². The molecule has 1 atom stereocenters. The molecule has 6 heteroatoms. The maximum absolute atomic E-state index is 12.3. The number of likely N-dealkylation sites (tertiary alicyclic amines) is 2. The number of nitrogens with zero attached hydrogens (tertiary/aromatic N) is 2. The van der Waals surface area contributed by atoms with Crippen molar-refractivity contribution < 1.29 is 9.59 Å². The van der Waals surface area contributed by atoms with Gasteiger partial charge in [0.2, 0.25) is 11.8 Å². The Morgan fingerprint density at radius 3 is 2.38 bits per heavy atom. The molecule has 3 aliphatic heterocycles. The highest BCUT2D eigenvalue weighted by Gasteiger charge is 2.31. The smallest absolute Gasteiger partial charge is 0.240 e. The van der Waals surface area contributed by atoms with Gasteiger partial charge in [0, 0.05) is 44.2 Å². The fraction of sp³-hybridized carbons (Fsp3) is 0.867. The van der Waals surface area contributed by atoms with Gasteiger partial charge in [-0.25, -0.2) is 0 Å². The Morgan fingerprint density at radius 1 is 1.05 bits per heavy atom. The van der Waals surface area contributed by atoms with Crippen LogP contribution in [0.15, 0.2) is 0 Å². The van der Waals surface area contributed by atoms with E-state index in [9.17, 15) is 9.59 Å². The van der Waals surface area contributed by atoms with Crippen molar-refractivity contribution in [1.82, 2.24) is 15.1 Å². The highest BCUT2D eigenvalue weighted by molar-refractivity contribution is 7.99. The predicted octanol–water partition coefficient (Wildman–Crippen LogP) is 0.900. The van der Waals surface area contributed by atoms with Gasteiger partial charge < -0.3 is 9.80 Å². The Balaban J connectivity index is 1.42. The molecule has 0 bridgehead atoms. The maximum Gasteiger partial charge on any atom is 0.240 e. The number of carbonyl (C=O) groups excluding carboxylic acids is 2. The molecule has 0 saturated carbocycles. The van der Waals surface area contributed by atoms with E-state index in [1.54, 1.807) is 11.8 Å². The lowest BCUT2D eigenvalue weighted by molar-refractivity contribution is -0.134. The van der Waals surface area contributed by atoms with Crippen molar-refractivity contribution >= 4 is 23.6 Å². The van der Waals surface area contributed by atoms with E-state index in [0.717, 1.165) is 63.5 Å². The van der Waals surface area contributed by atoms with Gasteiger partial charge in [-0.2, -0.15) is 0 Å². The van der Waals surface area contributed by atoms with Crippen LogP contribution >= 0.6 is 11.8 Å². The van der Waals surface area contributed by atoms with Gasteiger partial charge >= 0.3 is 0 Å². The molecule has 118 valence electrons. The minimum absolute atomic E-state index is 0.0118. The minimum Gasteiger partial charge on any atom is -0.343 e. The minimum atomic E-state index is 0.0118. The molecule has 21 heavy (non-hydrogen) atoms. The van der Waals surface area contributed by atoms with Crippen LogP contribution in [0, 0.1) is 5.92 Å². The van der Waals surface area contributed by atoms with E-state index in [1.807, 2.05) is 9.80 Å². The molecule has 3 rings (SSSR count). The summed E-state index contributed by atoms with van der Waals surface area (Å²) in [7, 11) is 0. The molecule has 1 unspecified atom stereocenters. The van der Waals surface area contributed by atoms with E-state index < -0.39 is 0 Å². The molecule has 0 spiro atoms. The van der Waals surface area contributed by atoms with Gasteiger partial charge in [-0.15, -0.1) is 11.8 Å². The topological polar surface area (TPSA) is 52.7 Å². The van der Waals surface area contributed by atoms with Crippen molar-refractivity contribution in [3.63, 3.8) is 0 Å². The van der Waals surface area contributed by atoms with Crippen LogP contribution in [0.4, 0.5) is 0 Å². The zero-order valence-electron chi connectivity index (χ0n) is 12.6. The van der Waals surface area contributed by atoms with E-state index in [4.69, 9.17) is 0 Å². The second kappa shape index (κ2) is 7.01. The Labute approximate surface area is 130 Å². The molecule has 0 aromatic rings. The van der Waals surface area contributed by atoms with Crippen molar-refractivity contribution in [1.29, 1.82) is 0 Å². The first-order valence-electron chi connectivity index (χ1n) is 8.12. The first-order chi connectivity index (χ1) is 10.2. The third kappa shape index (κ3) is 3.72. The van der Waals surface area contributed by atoms with E-state index in [1.165, 1.54) is 0 Å². The van der Waals surface area contributed by atoms with Crippen LogP contribution in [0.25, 0.3) is 0 Å². The van der Waals surface area contributed by atoms with Gasteiger partial charge in [0.1, 0.15) is 0 Å². The lowest BCUT2D eigenvalue weighted by Crippen LogP contribution is -2.48. The molecule has 0 aromatic heterocycles. The van der Waals surface area contributed by atoms with Crippen molar-refractivity contribution in [2.45, 2.75) is 38.1 Å². The summed E-state index contributed by atoms with van der Waals surface area (Å²) in [5.74, 6) is 2.83. The number of piperidine rings is 1. The lowest BCUT2D eigenvalue weighted by atomic mass is 9.92. The normalized spacial score (nSPS) is 27.3. The summed E-state index contributed by atoms with van der Waals surface area (Å²) in [5, 5.41) is 3.25. The summed E-state index contributed by atoms with van der Waals surface area (Å²) in [6.45, 7) is 3.53. The largest absolute Gasteiger partial charge is 0.343 e. The van der Waals surface area contributed by atoms with Crippen LogP contribution in [0.1, 0.15) is 32.1 Å². The Hall–Kier alpha value is -0.750. The van der Waals surface area contributed by atoms with Crippen molar-refractivity contribution in [2.24, 2.45) is 5.92 Å². The van der Waals surface area contributed by atoms with Crippen LogP contribution in [0.2, 0.25) is 0 Å². The van der Waals surface area contributed by atoms with E-state index in [2.05, 4.69) is 5.32 Å².